The summed E-state index contributed by atoms with van der Waals surface area (Å²) in [6, 6.07) is 28.0. The number of nitrogens with two attached hydrogens (primary N) is 1. The van der Waals surface area contributed by atoms with Crippen molar-refractivity contribution in [2.24, 2.45) is 5.73 Å². The monoisotopic (exact) mass is 337 g/mol. The number of halogens is 1. The standard InChI is InChI=1S/C21H20ClNO/c22-19-13-11-18(12-14-19)21(17-9-5-2-6-10-17)24-20(15-23)16-7-3-1-4-8-16/h1-14,20-21H,15,23H2/t20-,21-/m1/s1. The lowest BCUT2D eigenvalue weighted by Gasteiger charge is -2.25. The molecule has 0 aromatic heterocycles. The molecule has 0 aliphatic rings. The molecule has 0 bridgehead atoms. The quantitative estimate of drug-likeness (QED) is 0.675. The fourth-order valence-corrected chi connectivity index (χ4v) is 2.84. The molecule has 3 rings (SSSR count). The first-order chi connectivity index (χ1) is 11.8. The molecule has 0 heterocycles. The molecule has 0 fully saturated rings. The molecule has 0 aliphatic heterocycles. The van der Waals surface area contributed by atoms with Gasteiger partial charge in [0.2, 0.25) is 0 Å². The first-order valence-corrected chi connectivity index (χ1v) is 8.36. The lowest BCUT2D eigenvalue weighted by atomic mass is 10.0. The van der Waals surface area contributed by atoms with E-state index in [2.05, 4.69) is 12.1 Å². The first kappa shape index (κ1) is 16.7. The van der Waals surface area contributed by atoms with Crippen LogP contribution in [0, 0.1) is 0 Å². The summed E-state index contributed by atoms with van der Waals surface area (Å²) in [5.41, 5.74) is 9.21. The van der Waals surface area contributed by atoms with E-state index in [0.717, 1.165) is 16.7 Å². The Labute approximate surface area is 147 Å². The van der Waals surface area contributed by atoms with Gasteiger partial charge in [-0.05, 0) is 28.8 Å². The molecular weight excluding hydrogens is 318 g/mol. The summed E-state index contributed by atoms with van der Waals surface area (Å²) in [6.07, 6.45) is -0.371. The van der Waals surface area contributed by atoms with E-state index in [4.69, 9.17) is 22.1 Å². The van der Waals surface area contributed by atoms with Crippen molar-refractivity contribution < 1.29 is 4.74 Å². The lowest BCUT2D eigenvalue weighted by Crippen LogP contribution is -2.19. The summed E-state index contributed by atoms with van der Waals surface area (Å²) in [5.74, 6) is 0. The fourth-order valence-electron chi connectivity index (χ4n) is 2.72. The van der Waals surface area contributed by atoms with E-state index < -0.39 is 0 Å². The summed E-state index contributed by atoms with van der Waals surface area (Å²) < 4.78 is 6.43. The van der Waals surface area contributed by atoms with Gasteiger partial charge in [-0.25, -0.2) is 0 Å². The van der Waals surface area contributed by atoms with Gasteiger partial charge >= 0.3 is 0 Å². The maximum Gasteiger partial charge on any atom is 0.108 e. The molecule has 3 aromatic rings. The van der Waals surface area contributed by atoms with Gasteiger partial charge in [0.1, 0.15) is 6.10 Å². The van der Waals surface area contributed by atoms with Crippen molar-refractivity contribution in [3.63, 3.8) is 0 Å². The molecule has 0 saturated heterocycles. The summed E-state index contributed by atoms with van der Waals surface area (Å²) in [4.78, 5) is 0. The lowest BCUT2D eigenvalue weighted by molar-refractivity contribution is 0.0122. The molecular formula is C21H20ClNO. The van der Waals surface area contributed by atoms with Crippen LogP contribution in [0.4, 0.5) is 0 Å². The van der Waals surface area contributed by atoms with E-state index in [1.54, 1.807) is 0 Å². The molecule has 0 unspecified atom stereocenters. The molecule has 3 heteroatoms. The molecule has 2 atom stereocenters. The highest BCUT2D eigenvalue weighted by molar-refractivity contribution is 6.30. The Balaban J connectivity index is 1.94. The smallest absolute Gasteiger partial charge is 0.108 e. The third-order valence-electron chi connectivity index (χ3n) is 3.96. The Kier molecular flexibility index (Phi) is 5.65. The van der Waals surface area contributed by atoms with Crippen molar-refractivity contribution in [1.82, 2.24) is 0 Å². The molecule has 0 spiro atoms. The second kappa shape index (κ2) is 8.11. The van der Waals surface area contributed by atoms with Gasteiger partial charge in [-0.1, -0.05) is 84.4 Å². The topological polar surface area (TPSA) is 35.2 Å². The zero-order chi connectivity index (χ0) is 16.8. The van der Waals surface area contributed by atoms with Crippen LogP contribution in [0.15, 0.2) is 84.9 Å². The third kappa shape index (κ3) is 4.04. The van der Waals surface area contributed by atoms with E-state index in [0.29, 0.717) is 11.6 Å². The highest BCUT2D eigenvalue weighted by Crippen LogP contribution is 2.32. The van der Waals surface area contributed by atoms with E-state index >= 15 is 0 Å². The second-order valence-corrected chi connectivity index (χ2v) is 6.05. The summed E-state index contributed by atoms with van der Waals surface area (Å²) in [6.45, 7) is 0.418. The highest BCUT2D eigenvalue weighted by Gasteiger charge is 2.20. The van der Waals surface area contributed by atoms with Crippen molar-refractivity contribution in [3.05, 3.63) is 107 Å². The minimum atomic E-state index is -0.197. The Morgan fingerprint density at radius 3 is 1.75 bits per heavy atom. The van der Waals surface area contributed by atoms with E-state index in [9.17, 15) is 0 Å². The Morgan fingerprint density at radius 2 is 1.21 bits per heavy atom. The zero-order valence-corrected chi connectivity index (χ0v) is 14.1. The first-order valence-electron chi connectivity index (χ1n) is 7.99. The van der Waals surface area contributed by atoms with Crippen LogP contribution in [-0.4, -0.2) is 6.54 Å². The predicted octanol–water partition coefficient (Wildman–Crippen LogP) is 5.15. The van der Waals surface area contributed by atoms with E-state index in [1.165, 1.54) is 0 Å². The minimum Gasteiger partial charge on any atom is -0.360 e. The van der Waals surface area contributed by atoms with Crippen LogP contribution in [0.25, 0.3) is 0 Å². The molecule has 122 valence electrons. The van der Waals surface area contributed by atoms with Crippen LogP contribution in [0.5, 0.6) is 0 Å². The van der Waals surface area contributed by atoms with E-state index in [1.807, 2.05) is 72.8 Å². The molecule has 24 heavy (non-hydrogen) atoms. The van der Waals surface area contributed by atoms with Crippen LogP contribution < -0.4 is 5.73 Å². The summed E-state index contributed by atoms with van der Waals surface area (Å²) in [7, 11) is 0. The third-order valence-corrected chi connectivity index (χ3v) is 4.21. The summed E-state index contributed by atoms with van der Waals surface area (Å²) >= 11 is 6.03. The average Bonchev–Trinajstić information content (AvgIpc) is 2.65. The Morgan fingerprint density at radius 1 is 0.708 bits per heavy atom. The highest BCUT2D eigenvalue weighted by atomic mass is 35.5. The second-order valence-electron chi connectivity index (χ2n) is 5.61. The molecule has 2 N–H and O–H groups in total. The van der Waals surface area contributed by atoms with Crippen LogP contribution >= 0.6 is 11.6 Å². The fraction of sp³-hybridized carbons (Fsp3) is 0.143. The van der Waals surface area contributed by atoms with Gasteiger partial charge in [0.15, 0.2) is 0 Å². The molecule has 2 nitrogen and oxygen atoms in total. The largest absolute Gasteiger partial charge is 0.360 e. The van der Waals surface area contributed by atoms with E-state index in [-0.39, 0.29) is 12.2 Å². The number of rotatable bonds is 6. The summed E-state index contributed by atoms with van der Waals surface area (Å²) in [5, 5.41) is 0.712. The van der Waals surface area contributed by atoms with Crippen LogP contribution in [0.1, 0.15) is 28.9 Å². The SMILES string of the molecule is NC[C@@H](O[C@H](c1ccccc1)c1ccc(Cl)cc1)c1ccccc1. The molecule has 0 saturated carbocycles. The van der Waals surface area contributed by atoms with Gasteiger partial charge in [-0.15, -0.1) is 0 Å². The van der Waals surface area contributed by atoms with Crippen LogP contribution in [0.3, 0.4) is 0 Å². The molecule has 3 aromatic carbocycles. The average molecular weight is 338 g/mol. The van der Waals surface area contributed by atoms with Gasteiger partial charge in [0.05, 0.1) is 6.10 Å². The maximum atomic E-state index is 6.43. The minimum absolute atomic E-state index is 0.174. The van der Waals surface area contributed by atoms with Crippen LogP contribution in [0.2, 0.25) is 5.02 Å². The van der Waals surface area contributed by atoms with Gasteiger partial charge in [-0.3, -0.25) is 0 Å². The predicted molar refractivity (Wildman–Crippen MR) is 99.1 cm³/mol. The Bertz CT molecular complexity index is 744. The zero-order valence-electron chi connectivity index (χ0n) is 13.3. The van der Waals surface area contributed by atoms with Crippen molar-refractivity contribution >= 4 is 11.6 Å². The van der Waals surface area contributed by atoms with Gasteiger partial charge in [-0.2, -0.15) is 0 Å². The Hall–Kier alpha value is -2.13. The molecule has 0 radical (unpaired) electrons. The van der Waals surface area contributed by atoms with Crippen molar-refractivity contribution in [2.45, 2.75) is 12.2 Å². The molecule has 0 aliphatic carbocycles. The van der Waals surface area contributed by atoms with Gasteiger partial charge in [0, 0.05) is 11.6 Å². The van der Waals surface area contributed by atoms with Gasteiger partial charge < -0.3 is 10.5 Å². The molecule has 0 amide bonds. The van der Waals surface area contributed by atoms with Crippen molar-refractivity contribution in [1.29, 1.82) is 0 Å². The number of hydrogen-bond acceptors (Lipinski definition) is 2. The number of hydrogen-bond donors (Lipinski definition) is 1. The van der Waals surface area contributed by atoms with Gasteiger partial charge in [0.25, 0.3) is 0 Å². The maximum absolute atomic E-state index is 6.43. The normalized spacial score (nSPS) is 13.4. The number of benzene rings is 3. The van der Waals surface area contributed by atoms with Crippen molar-refractivity contribution in [3.8, 4) is 0 Å². The van der Waals surface area contributed by atoms with Crippen LogP contribution in [-0.2, 0) is 4.74 Å². The van der Waals surface area contributed by atoms with Crippen molar-refractivity contribution in [2.75, 3.05) is 6.54 Å². The number of ether oxygens (including phenoxy) is 1.